The van der Waals surface area contributed by atoms with E-state index in [4.69, 9.17) is 0 Å². The van der Waals surface area contributed by atoms with Crippen LogP contribution in [0.5, 0.6) is 0 Å². The molecule has 0 radical (unpaired) electrons. The molecule has 106 valence electrons. The topological polar surface area (TPSA) is 49.8 Å². The minimum atomic E-state index is 0.495. The number of aromatic nitrogens is 2. The molecule has 1 aromatic rings. The maximum absolute atomic E-state index is 4.32. The molecule has 2 rings (SSSR count). The lowest BCUT2D eigenvalue weighted by atomic mass is 9.84. The van der Waals surface area contributed by atoms with Crippen molar-refractivity contribution in [2.24, 2.45) is 5.92 Å². The van der Waals surface area contributed by atoms with Crippen molar-refractivity contribution in [2.75, 3.05) is 17.2 Å². The molecular weight excluding hydrogens is 236 g/mol. The SMILES string of the molecule is CCCNc1cc(NC(C)C2CCCCC2)ncn1. The van der Waals surface area contributed by atoms with Crippen molar-refractivity contribution in [3.05, 3.63) is 12.4 Å². The highest BCUT2D eigenvalue weighted by molar-refractivity contribution is 5.46. The maximum atomic E-state index is 4.32. The number of hydrogen-bond acceptors (Lipinski definition) is 4. The lowest BCUT2D eigenvalue weighted by Gasteiger charge is -2.28. The van der Waals surface area contributed by atoms with E-state index in [9.17, 15) is 0 Å². The van der Waals surface area contributed by atoms with Crippen LogP contribution in [-0.2, 0) is 0 Å². The van der Waals surface area contributed by atoms with Crippen molar-refractivity contribution < 1.29 is 0 Å². The first-order chi connectivity index (χ1) is 9.29. The van der Waals surface area contributed by atoms with E-state index in [0.29, 0.717) is 6.04 Å². The Hall–Kier alpha value is -1.32. The van der Waals surface area contributed by atoms with Gasteiger partial charge in [-0.25, -0.2) is 9.97 Å². The van der Waals surface area contributed by atoms with E-state index in [-0.39, 0.29) is 0 Å². The number of rotatable bonds is 6. The van der Waals surface area contributed by atoms with Crippen LogP contribution in [0, 0.1) is 5.92 Å². The Kier molecular flexibility index (Phi) is 5.43. The van der Waals surface area contributed by atoms with Crippen molar-refractivity contribution in [3.8, 4) is 0 Å². The number of nitrogens with zero attached hydrogens (tertiary/aromatic N) is 2. The van der Waals surface area contributed by atoms with E-state index >= 15 is 0 Å². The lowest BCUT2D eigenvalue weighted by Crippen LogP contribution is -2.28. The second kappa shape index (κ2) is 7.31. The predicted molar refractivity (Wildman–Crippen MR) is 80.5 cm³/mol. The van der Waals surface area contributed by atoms with E-state index in [1.54, 1.807) is 6.33 Å². The van der Waals surface area contributed by atoms with Gasteiger partial charge >= 0.3 is 0 Å². The third-order valence-corrected chi connectivity index (χ3v) is 3.96. The second-order valence-electron chi connectivity index (χ2n) is 5.55. The second-order valence-corrected chi connectivity index (χ2v) is 5.55. The van der Waals surface area contributed by atoms with Crippen LogP contribution in [0.3, 0.4) is 0 Å². The molecule has 19 heavy (non-hydrogen) atoms. The third-order valence-electron chi connectivity index (χ3n) is 3.96. The minimum Gasteiger partial charge on any atom is -0.370 e. The summed E-state index contributed by atoms with van der Waals surface area (Å²) in [7, 11) is 0. The maximum Gasteiger partial charge on any atom is 0.131 e. The average molecular weight is 262 g/mol. The first kappa shape index (κ1) is 14.1. The zero-order valence-electron chi connectivity index (χ0n) is 12.2. The third kappa shape index (κ3) is 4.37. The molecule has 1 aromatic heterocycles. The van der Waals surface area contributed by atoms with Gasteiger partial charge in [0.2, 0.25) is 0 Å². The van der Waals surface area contributed by atoms with E-state index in [0.717, 1.165) is 30.5 Å². The van der Waals surface area contributed by atoms with Gasteiger partial charge in [-0.3, -0.25) is 0 Å². The normalized spacial score (nSPS) is 18.0. The van der Waals surface area contributed by atoms with Crippen molar-refractivity contribution >= 4 is 11.6 Å². The van der Waals surface area contributed by atoms with Gasteiger partial charge in [0.25, 0.3) is 0 Å². The summed E-state index contributed by atoms with van der Waals surface area (Å²) in [5.41, 5.74) is 0. The van der Waals surface area contributed by atoms with Crippen molar-refractivity contribution in [1.29, 1.82) is 0 Å². The summed E-state index contributed by atoms with van der Waals surface area (Å²) in [6.07, 6.45) is 9.59. The Morgan fingerprint density at radius 3 is 2.68 bits per heavy atom. The fourth-order valence-corrected chi connectivity index (χ4v) is 2.77. The van der Waals surface area contributed by atoms with Crippen LogP contribution in [0.25, 0.3) is 0 Å². The average Bonchev–Trinajstić information content (AvgIpc) is 2.46. The molecular formula is C15H26N4. The Balaban J connectivity index is 1.90. The molecule has 0 spiro atoms. The van der Waals surface area contributed by atoms with E-state index in [1.807, 2.05) is 6.07 Å². The van der Waals surface area contributed by atoms with Gasteiger partial charge in [-0.05, 0) is 32.1 Å². The summed E-state index contributed by atoms with van der Waals surface area (Å²) < 4.78 is 0. The summed E-state index contributed by atoms with van der Waals surface area (Å²) in [6, 6.07) is 2.50. The molecule has 1 atom stereocenters. The quantitative estimate of drug-likeness (QED) is 0.821. The van der Waals surface area contributed by atoms with Crippen LogP contribution in [0.2, 0.25) is 0 Å². The van der Waals surface area contributed by atoms with E-state index in [2.05, 4.69) is 34.4 Å². The van der Waals surface area contributed by atoms with Crippen LogP contribution < -0.4 is 10.6 Å². The fourth-order valence-electron chi connectivity index (χ4n) is 2.77. The Morgan fingerprint density at radius 1 is 1.21 bits per heavy atom. The molecule has 0 bridgehead atoms. The van der Waals surface area contributed by atoms with E-state index < -0.39 is 0 Å². The summed E-state index contributed by atoms with van der Waals surface area (Å²) in [5.74, 6) is 2.64. The van der Waals surface area contributed by atoms with Gasteiger partial charge in [-0.2, -0.15) is 0 Å². The van der Waals surface area contributed by atoms with Gasteiger partial charge in [0.05, 0.1) is 0 Å². The number of hydrogen-bond donors (Lipinski definition) is 2. The first-order valence-electron chi connectivity index (χ1n) is 7.62. The molecule has 0 aliphatic heterocycles. The van der Waals surface area contributed by atoms with Crippen molar-refractivity contribution in [3.63, 3.8) is 0 Å². The molecule has 0 aromatic carbocycles. The molecule has 1 aliphatic carbocycles. The van der Waals surface area contributed by atoms with Gasteiger partial charge in [0.15, 0.2) is 0 Å². The summed E-state index contributed by atoms with van der Waals surface area (Å²) in [5, 5.41) is 6.83. The summed E-state index contributed by atoms with van der Waals surface area (Å²) in [4.78, 5) is 8.55. The minimum absolute atomic E-state index is 0.495. The summed E-state index contributed by atoms with van der Waals surface area (Å²) in [6.45, 7) is 5.38. The fraction of sp³-hybridized carbons (Fsp3) is 0.733. The van der Waals surface area contributed by atoms with E-state index in [1.165, 1.54) is 32.1 Å². The van der Waals surface area contributed by atoms with Gasteiger partial charge < -0.3 is 10.6 Å². The predicted octanol–water partition coefficient (Wildman–Crippen LogP) is 3.68. The molecule has 2 N–H and O–H groups in total. The van der Waals surface area contributed by atoms with Gasteiger partial charge in [-0.15, -0.1) is 0 Å². The van der Waals surface area contributed by atoms with Gasteiger partial charge in [0.1, 0.15) is 18.0 Å². The van der Waals surface area contributed by atoms with Crippen LogP contribution in [0.15, 0.2) is 12.4 Å². The molecule has 0 amide bonds. The Bertz CT molecular complexity index is 374. The zero-order chi connectivity index (χ0) is 13.5. The van der Waals surface area contributed by atoms with Gasteiger partial charge in [0, 0.05) is 18.7 Å². The molecule has 1 aliphatic rings. The molecule has 4 nitrogen and oxygen atoms in total. The zero-order valence-corrected chi connectivity index (χ0v) is 12.2. The standard InChI is InChI=1S/C15H26N4/c1-3-9-16-14-10-15(18-11-17-14)19-12(2)13-7-5-4-6-8-13/h10-13H,3-9H2,1-2H3,(H2,16,17,18,19). The summed E-state index contributed by atoms with van der Waals surface area (Å²) >= 11 is 0. The monoisotopic (exact) mass is 262 g/mol. The van der Waals surface area contributed by atoms with Crippen LogP contribution in [-0.4, -0.2) is 22.6 Å². The number of nitrogens with one attached hydrogen (secondary N) is 2. The molecule has 1 heterocycles. The molecule has 1 fully saturated rings. The highest BCUT2D eigenvalue weighted by atomic mass is 15.1. The highest BCUT2D eigenvalue weighted by Crippen LogP contribution is 2.27. The molecule has 1 saturated carbocycles. The first-order valence-corrected chi connectivity index (χ1v) is 7.62. The number of anilines is 2. The van der Waals surface area contributed by atoms with Crippen LogP contribution in [0.1, 0.15) is 52.4 Å². The smallest absolute Gasteiger partial charge is 0.131 e. The van der Waals surface area contributed by atoms with Crippen molar-refractivity contribution in [1.82, 2.24) is 9.97 Å². The van der Waals surface area contributed by atoms with Crippen LogP contribution in [0.4, 0.5) is 11.6 Å². The molecule has 1 unspecified atom stereocenters. The molecule has 0 saturated heterocycles. The largest absolute Gasteiger partial charge is 0.370 e. The Morgan fingerprint density at radius 2 is 1.95 bits per heavy atom. The lowest BCUT2D eigenvalue weighted by molar-refractivity contribution is 0.328. The van der Waals surface area contributed by atoms with Crippen LogP contribution >= 0.6 is 0 Å². The molecule has 4 heteroatoms. The van der Waals surface area contributed by atoms with Crippen molar-refractivity contribution in [2.45, 2.75) is 58.4 Å². The van der Waals surface area contributed by atoms with Gasteiger partial charge in [-0.1, -0.05) is 26.2 Å². The Labute approximate surface area is 116 Å². The highest BCUT2D eigenvalue weighted by Gasteiger charge is 2.20.